The summed E-state index contributed by atoms with van der Waals surface area (Å²) >= 11 is 0. The van der Waals surface area contributed by atoms with Gasteiger partial charge < -0.3 is 9.97 Å². The minimum atomic E-state index is 0.887. The van der Waals surface area contributed by atoms with Gasteiger partial charge in [-0.25, -0.2) is 9.97 Å². The third-order valence-electron chi connectivity index (χ3n) is 2.95. The van der Waals surface area contributed by atoms with E-state index in [9.17, 15) is 0 Å². The number of aromatic nitrogens is 4. The van der Waals surface area contributed by atoms with Crippen molar-refractivity contribution in [2.45, 2.75) is 0 Å². The van der Waals surface area contributed by atoms with E-state index in [2.05, 4.69) is 38.1 Å². The van der Waals surface area contributed by atoms with Crippen LogP contribution >= 0.6 is 0 Å². The summed E-state index contributed by atoms with van der Waals surface area (Å²) in [4.78, 5) is 14.8. The lowest BCUT2D eigenvalue weighted by molar-refractivity contribution is 1.21. The number of rotatable bonds is 0. The first-order valence-electron chi connectivity index (χ1n) is 5.10. The lowest BCUT2D eigenvalue weighted by atomic mass is 10.1. The van der Waals surface area contributed by atoms with Crippen LogP contribution in [0.15, 0.2) is 36.9 Å². The summed E-state index contributed by atoms with van der Waals surface area (Å²) in [7, 11) is 0. The molecule has 4 nitrogen and oxygen atoms in total. The lowest BCUT2D eigenvalue weighted by Gasteiger charge is -1.91. The van der Waals surface area contributed by atoms with E-state index < -0.39 is 0 Å². The summed E-state index contributed by atoms with van der Waals surface area (Å²) in [5.74, 6) is 0. The van der Waals surface area contributed by atoms with Gasteiger partial charge in [-0.1, -0.05) is 0 Å². The number of nitrogens with one attached hydrogen (secondary N) is 2. The van der Waals surface area contributed by atoms with Gasteiger partial charge in [0.2, 0.25) is 0 Å². The highest BCUT2D eigenvalue weighted by molar-refractivity contribution is 6.10. The van der Waals surface area contributed by atoms with E-state index in [0.29, 0.717) is 0 Å². The van der Waals surface area contributed by atoms with Gasteiger partial charge in [0.1, 0.15) is 12.0 Å². The Bertz CT molecular complexity index is 809. The first kappa shape index (κ1) is 7.87. The minimum Gasteiger partial charge on any atom is -0.361 e. The van der Waals surface area contributed by atoms with Crippen molar-refractivity contribution in [2.75, 3.05) is 0 Å². The fourth-order valence-corrected chi connectivity index (χ4v) is 2.18. The highest BCUT2D eigenvalue weighted by atomic mass is 14.9. The van der Waals surface area contributed by atoms with Gasteiger partial charge in [0.25, 0.3) is 0 Å². The largest absolute Gasteiger partial charge is 0.361 e. The summed E-state index contributed by atoms with van der Waals surface area (Å²) in [5, 5.41) is 3.44. The summed E-state index contributed by atoms with van der Waals surface area (Å²) in [6.07, 6.45) is 5.35. The first-order chi connectivity index (χ1) is 7.92. The lowest BCUT2D eigenvalue weighted by Crippen LogP contribution is -1.76. The molecule has 16 heavy (non-hydrogen) atoms. The van der Waals surface area contributed by atoms with Gasteiger partial charge in [-0.3, -0.25) is 0 Å². The zero-order valence-electron chi connectivity index (χ0n) is 8.36. The van der Waals surface area contributed by atoms with Crippen LogP contribution in [0.5, 0.6) is 0 Å². The molecule has 0 aliphatic rings. The second-order valence-electron chi connectivity index (χ2n) is 3.87. The maximum absolute atomic E-state index is 4.22. The molecule has 4 rings (SSSR count). The molecule has 0 amide bonds. The maximum atomic E-state index is 4.22. The normalized spacial score (nSPS) is 11.8. The van der Waals surface area contributed by atoms with Crippen LogP contribution in [0.2, 0.25) is 0 Å². The van der Waals surface area contributed by atoms with Crippen LogP contribution in [0.3, 0.4) is 0 Å². The van der Waals surface area contributed by atoms with E-state index in [4.69, 9.17) is 0 Å². The molecular weight excluding hydrogens is 200 g/mol. The molecule has 4 heteroatoms. The second kappa shape index (κ2) is 2.61. The molecule has 0 unspecified atom stereocenters. The number of hydrogen-bond acceptors (Lipinski definition) is 2. The number of fused-ring (bicyclic) bond motifs is 4. The van der Waals surface area contributed by atoms with E-state index in [1.165, 1.54) is 10.8 Å². The van der Waals surface area contributed by atoms with E-state index in [1.54, 1.807) is 6.33 Å². The van der Waals surface area contributed by atoms with Crippen LogP contribution in [0.1, 0.15) is 0 Å². The molecule has 0 saturated carbocycles. The molecule has 0 fully saturated rings. The van der Waals surface area contributed by atoms with Crippen LogP contribution in [-0.4, -0.2) is 19.9 Å². The zero-order chi connectivity index (χ0) is 10.5. The maximum Gasteiger partial charge on any atom is 0.141 e. The Balaban J connectivity index is 2.32. The van der Waals surface area contributed by atoms with Crippen LogP contribution in [-0.2, 0) is 0 Å². The average molecular weight is 208 g/mol. The van der Waals surface area contributed by atoms with Gasteiger partial charge in [0.15, 0.2) is 0 Å². The van der Waals surface area contributed by atoms with Crippen LogP contribution in [0, 0.1) is 0 Å². The van der Waals surface area contributed by atoms with Crippen molar-refractivity contribution in [1.82, 2.24) is 19.9 Å². The van der Waals surface area contributed by atoms with Gasteiger partial charge in [-0.15, -0.1) is 0 Å². The van der Waals surface area contributed by atoms with Gasteiger partial charge in [0, 0.05) is 39.6 Å². The summed E-state index contributed by atoms with van der Waals surface area (Å²) < 4.78 is 0. The SMILES string of the molecule is c1ncc2c(n1)[nH]c1cc3[nH]ccc3cc12. The van der Waals surface area contributed by atoms with Crippen molar-refractivity contribution in [3.05, 3.63) is 36.9 Å². The van der Waals surface area contributed by atoms with E-state index in [0.717, 1.165) is 22.1 Å². The molecule has 0 radical (unpaired) electrons. The number of aromatic amines is 2. The van der Waals surface area contributed by atoms with Crippen molar-refractivity contribution in [1.29, 1.82) is 0 Å². The van der Waals surface area contributed by atoms with Crippen LogP contribution < -0.4 is 0 Å². The third-order valence-corrected chi connectivity index (χ3v) is 2.95. The standard InChI is InChI=1S/C12H8N4/c1-2-14-10-4-11-8(3-7(1)10)9-5-13-6-15-12(9)16-11/h1-6,14H,(H,13,15,16). The van der Waals surface area contributed by atoms with Crippen molar-refractivity contribution in [3.63, 3.8) is 0 Å². The van der Waals surface area contributed by atoms with E-state index in [-0.39, 0.29) is 0 Å². The highest BCUT2D eigenvalue weighted by Gasteiger charge is 2.06. The number of nitrogens with zero attached hydrogens (tertiary/aromatic N) is 2. The molecule has 0 aliphatic carbocycles. The van der Waals surface area contributed by atoms with Crippen molar-refractivity contribution in [2.24, 2.45) is 0 Å². The minimum absolute atomic E-state index is 0.887. The van der Waals surface area contributed by atoms with Crippen LogP contribution in [0.4, 0.5) is 0 Å². The third kappa shape index (κ3) is 0.883. The van der Waals surface area contributed by atoms with E-state index in [1.807, 2.05) is 12.4 Å². The smallest absolute Gasteiger partial charge is 0.141 e. The molecule has 1 aromatic carbocycles. The Morgan fingerprint density at radius 1 is 1.06 bits per heavy atom. The summed E-state index contributed by atoms with van der Waals surface area (Å²) in [6.45, 7) is 0. The average Bonchev–Trinajstić information content (AvgIpc) is 2.88. The van der Waals surface area contributed by atoms with Gasteiger partial charge in [-0.2, -0.15) is 0 Å². The topological polar surface area (TPSA) is 57.4 Å². The van der Waals surface area contributed by atoms with E-state index >= 15 is 0 Å². The van der Waals surface area contributed by atoms with Gasteiger partial charge in [0.05, 0.1) is 0 Å². The number of hydrogen-bond donors (Lipinski definition) is 2. The molecule has 3 aromatic heterocycles. The summed E-state index contributed by atoms with van der Waals surface area (Å²) in [6, 6.07) is 6.33. The molecule has 4 aromatic rings. The Labute approximate surface area is 90.3 Å². The molecule has 0 spiro atoms. The molecule has 0 saturated heterocycles. The first-order valence-corrected chi connectivity index (χ1v) is 5.10. The second-order valence-corrected chi connectivity index (χ2v) is 3.87. The molecular formula is C12H8N4. The number of H-pyrrole nitrogens is 2. The van der Waals surface area contributed by atoms with Crippen molar-refractivity contribution >= 4 is 32.8 Å². The van der Waals surface area contributed by atoms with Crippen molar-refractivity contribution in [3.8, 4) is 0 Å². The number of benzene rings is 1. The Morgan fingerprint density at radius 2 is 2.06 bits per heavy atom. The van der Waals surface area contributed by atoms with Gasteiger partial charge >= 0.3 is 0 Å². The highest BCUT2D eigenvalue weighted by Crippen LogP contribution is 2.27. The molecule has 0 aliphatic heterocycles. The summed E-state index contributed by atoms with van der Waals surface area (Å²) in [5.41, 5.74) is 3.11. The Hall–Kier alpha value is -2.36. The predicted octanol–water partition coefficient (Wildman–Crippen LogP) is 2.59. The monoisotopic (exact) mass is 208 g/mol. The van der Waals surface area contributed by atoms with Gasteiger partial charge in [-0.05, 0) is 18.2 Å². The zero-order valence-corrected chi connectivity index (χ0v) is 8.36. The fourth-order valence-electron chi connectivity index (χ4n) is 2.18. The predicted molar refractivity (Wildman–Crippen MR) is 63.3 cm³/mol. The quantitative estimate of drug-likeness (QED) is 0.466. The molecule has 76 valence electrons. The molecule has 0 bridgehead atoms. The Kier molecular flexibility index (Phi) is 1.28. The molecule has 2 N–H and O–H groups in total. The van der Waals surface area contributed by atoms with Crippen LogP contribution in [0.25, 0.3) is 32.8 Å². The molecule has 0 atom stereocenters. The molecule has 3 heterocycles. The fraction of sp³-hybridized carbons (Fsp3) is 0. The van der Waals surface area contributed by atoms with Crippen molar-refractivity contribution < 1.29 is 0 Å². The Morgan fingerprint density at radius 3 is 3.06 bits per heavy atom.